The molecule has 0 aromatic carbocycles. The van der Waals surface area contributed by atoms with E-state index in [1.54, 1.807) is 6.92 Å². The molecule has 4 N–H and O–H groups in total. The molecule has 0 aromatic heterocycles. The van der Waals surface area contributed by atoms with Crippen LogP contribution in [0.25, 0.3) is 0 Å². The molecule has 0 bridgehead atoms. The van der Waals surface area contributed by atoms with Gasteiger partial charge in [0.15, 0.2) is 0 Å². The van der Waals surface area contributed by atoms with E-state index in [4.69, 9.17) is 10.8 Å². The monoisotopic (exact) mass is 244 g/mol. The molecule has 0 aliphatic carbocycles. The van der Waals surface area contributed by atoms with Gasteiger partial charge in [-0.25, -0.2) is 0 Å². The second-order valence-electron chi connectivity index (χ2n) is 5.00. The van der Waals surface area contributed by atoms with Gasteiger partial charge in [-0.05, 0) is 31.7 Å². The number of nitrogens with two attached hydrogens (primary N) is 1. The third-order valence-corrected chi connectivity index (χ3v) is 2.50. The highest BCUT2D eigenvalue weighted by Gasteiger charge is 2.16. The van der Waals surface area contributed by atoms with E-state index >= 15 is 0 Å². The summed E-state index contributed by atoms with van der Waals surface area (Å²) in [5.74, 6) is -0.343. The summed E-state index contributed by atoms with van der Waals surface area (Å²) in [6.07, 6.45) is 1.24. The fourth-order valence-corrected chi connectivity index (χ4v) is 1.84. The third kappa shape index (κ3) is 8.68. The van der Waals surface area contributed by atoms with Crippen LogP contribution in [0.1, 0.15) is 40.0 Å². The van der Waals surface area contributed by atoms with Crippen LogP contribution in [0.2, 0.25) is 0 Å². The lowest BCUT2D eigenvalue weighted by atomic mass is 9.94. The fraction of sp³-hybridized carbons (Fsp3) is 0.833. The number of hydrogen-bond donors (Lipinski definition) is 3. The zero-order valence-electron chi connectivity index (χ0n) is 10.9. The van der Waals surface area contributed by atoms with Gasteiger partial charge in [-0.15, -0.1) is 0 Å². The van der Waals surface area contributed by atoms with Crippen LogP contribution in [0, 0.1) is 11.8 Å². The number of nitrogens with one attached hydrogen (secondary N) is 1. The Morgan fingerprint density at radius 3 is 2.24 bits per heavy atom. The summed E-state index contributed by atoms with van der Waals surface area (Å²) in [4.78, 5) is 22.1. The fourth-order valence-electron chi connectivity index (χ4n) is 1.84. The topological polar surface area (TPSA) is 92.4 Å². The van der Waals surface area contributed by atoms with Gasteiger partial charge in [-0.3, -0.25) is 9.59 Å². The Bertz CT molecular complexity index is 254. The molecule has 5 nitrogen and oxygen atoms in total. The molecule has 2 atom stereocenters. The summed E-state index contributed by atoms with van der Waals surface area (Å²) in [7, 11) is 0. The van der Waals surface area contributed by atoms with E-state index in [-0.39, 0.29) is 24.3 Å². The van der Waals surface area contributed by atoms with Crippen LogP contribution < -0.4 is 11.1 Å². The van der Waals surface area contributed by atoms with Crippen LogP contribution in [-0.4, -0.2) is 29.6 Å². The van der Waals surface area contributed by atoms with Crippen molar-refractivity contribution in [2.75, 3.05) is 6.54 Å². The van der Waals surface area contributed by atoms with Crippen LogP contribution in [0.5, 0.6) is 0 Å². The molecule has 5 heteroatoms. The summed E-state index contributed by atoms with van der Waals surface area (Å²) in [5, 5.41) is 11.2. The Kier molecular flexibility index (Phi) is 7.54. The first-order valence-corrected chi connectivity index (χ1v) is 6.06. The summed E-state index contributed by atoms with van der Waals surface area (Å²) in [6.45, 7) is 6.35. The average Bonchev–Trinajstić information content (AvgIpc) is 2.13. The number of rotatable bonds is 8. The SMILES string of the molecule is CC(C)C[C@H](CN)CC(=O)NC(C)CC(=O)O. The molecule has 0 heterocycles. The molecule has 0 saturated carbocycles. The van der Waals surface area contributed by atoms with E-state index in [1.165, 1.54) is 0 Å². The van der Waals surface area contributed by atoms with Gasteiger partial charge in [-0.1, -0.05) is 13.8 Å². The molecule has 1 unspecified atom stereocenters. The maximum atomic E-state index is 11.6. The van der Waals surface area contributed by atoms with Gasteiger partial charge in [0, 0.05) is 12.5 Å². The minimum absolute atomic E-state index is 0.0524. The molecule has 0 aliphatic rings. The van der Waals surface area contributed by atoms with Gasteiger partial charge in [0.25, 0.3) is 0 Å². The quantitative estimate of drug-likeness (QED) is 0.593. The molecule has 17 heavy (non-hydrogen) atoms. The predicted octanol–water partition coefficient (Wildman–Crippen LogP) is 0.977. The highest BCUT2D eigenvalue weighted by Crippen LogP contribution is 2.14. The second-order valence-corrected chi connectivity index (χ2v) is 5.00. The van der Waals surface area contributed by atoms with Gasteiger partial charge in [0.05, 0.1) is 6.42 Å². The molecule has 0 fully saturated rings. The van der Waals surface area contributed by atoms with Crippen molar-refractivity contribution in [2.24, 2.45) is 17.6 Å². The highest BCUT2D eigenvalue weighted by molar-refractivity contribution is 5.77. The van der Waals surface area contributed by atoms with Gasteiger partial charge in [0.1, 0.15) is 0 Å². The Morgan fingerprint density at radius 1 is 1.24 bits per heavy atom. The number of hydrogen-bond acceptors (Lipinski definition) is 3. The number of carbonyl (C=O) groups excluding carboxylic acids is 1. The summed E-state index contributed by atoms with van der Waals surface area (Å²) < 4.78 is 0. The van der Waals surface area contributed by atoms with Gasteiger partial charge in [0.2, 0.25) is 5.91 Å². The summed E-state index contributed by atoms with van der Waals surface area (Å²) in [5.41, 5.74) is 5.61. The molecule has 0 rings (SSSR count). The Morgan fingerprint density at radius 2 is 1.82 bits per heavy atom. The van der Waals surface area contributed by atoms with E-state index < -0.39 is 5.97 Å². The standard InChI is InChI=1S/C12H24N2O3/c1-8(2)4-10(7-13)6-11(15)14-9(3)5-12(16)17/h8-10H,4-7,13H2,1-3H3,(H,14,15)(H,16,17)/t9?,10-/m0/s1. The Balaban J connectivity index is 4.01. The van der Waals surface area contributed by atoms with E-state index in [9.17, 15) is 9.59 Å². The van der Waals surface area contributed by atoms with Crippen LogP contribution >= 0.6 is 0 Å². The lowest BCUT2D eigenvalue weighted by molar-refractivity contribution is -0.137. The maximum absolute atomic E-state index is 11.6. The van der Waals surface area contributed by atoms with E-state index in [0.717, 1.165) is 6.42 Å². The molecular formula is C12H24N2O3. The lowest BCUT2D eigenvalue weighted by Crippen LogP contribution is -2.36. The van der Waals surface area contributed by atoms with Crippen molar-refractivity contribution >= 4 is 11.9 Å². The maximum Gasteiger partial charge on any atom is 0.305 e. The van der Waals surface area contributed by atoms with Crippen LogP contribution in [0.3, 0.4) is 0 Å². The zero-order valence-corrected chi connectivity index (χ0v) is 10.9. The molecule has 1 amide bonds. The molecular weight excluding hydrogens is 220 g/mol. The predicted molar refractivity (Wildman–Crippen MR) is 66.5 cm³/mol. The lowest BCUT2D eigenvalue weighted by Gasteiger charge is -2.18. The first kappa shape index (κ1) is 15.9. The van der Waals surface area contributed by atoms with Crippen molar-refractivity contribution < 1.29 is 14.7 Å². The van der Waals surface area contributed by atoms with Crippen molar-refractivity contribution in [3.63, 3.8) is 0 Å². The minimum atomic E-state index is -0.907. The minimum Gasteiger partial charge on any atom is -0.481 e. The number of carboxylic acids is 1. The summed E-state index contributed by atoms with van der Waals surface area (Å²) >= 11 is 0. The molecule has 100 valence electrons. The smallest absolute Gasteiger partial charge is 0.305 e. The number of aliphatic carboxylic acids is 1. The number of carbonyl (C=O) groups is 2. The van der Waals surface area contributed by atoms with Crippen molar-refractivity contribution in [3.8, 4) is 0 Å². The van der Waals surface area contributed by atoms with Crippen LogP contribution in [0.15, 0.2) is 0 Å². The first-order valence-electron chi connectivity index (χ1n) is 6.06. The summed E-state index contributed by atoms with van der Waals surface area (Å²) in [6, 6.07) is -0.336. The molecule has 0 saturated heterocycles. The third-order valence-electron chi connectivity index (χ3n) is 2.50. The van der Waals surface area contributed by atoms with Crippen molar-refractivity contribution in [1.82, 2.24) is 5.32 Å². The van der Waals surface area contributed by atoms with E-state index in [0.29, 0.717) is 18.9 Å². The van der Waals surface area contributed by atoms with Crippen LogP contribution in [-0.2, 0) is 9.59 Å². The molecule has 0 spiro atoms. The first-order chi connectivity index (χ1) is 7.85. The molecule has 0 aromatic rings. The van der Waals surface area contributed by atoms with Crippen molar-refractivity contribution in [1.29, 1.82) is 0 Å². The molecule has 0 radical (unpaired) electrons. The average molecular weight is 244 g/mol. The van der Waals surface area contributed by atoms with Gasteiger partial charge >= 0.3 is 5.97 Å². The highest BCUT2D eigenvalue weighted by atomic mass is 16.4. The Hall–Kier alpha value is -1.10. The van der Waals surface area contributed by atoms with Crippen molar-refractivity contribution in [3.05, 3.63) is 0 Å². The van der Waals surface area contributed by atoms with E-state index in [1.807, 2.05) is 0 Å². The largest absolute Gasteiger partial charge is 0.481 e. The number of amides is 1. The van der Waals surface area contributed by atoms with Crippen LogP contribution in [0.4, 0.5) is 0 Å². The normalized spacial score (nSPS) is 14.4. The van der Waals surface area contributed by atoms with Crippen molar-refractivity contribution in [2.45, 2.75) is 46.1 Å². The Labute approximate surface area is 103 Å². The molecule has 0 aliphatic heterocycles. The second kappa shape index (κ2) is 8.06. The zero-order chi connectivity index (χ0) is 13.4. The van der Waals surface area contributed by atoms with E-state index in [2.05, 4.69) is 19.2 Å². The van der Waals surface area contributed by atoms with Gasteiger partial charge in [-0.2, -0.15) is 0 Å². The number of carboxylic acid groups (broad SMARTS) is 1. The van der Waals surface area contributed by atoms with Gasteiger partial charge < -0.3 is 16.2 Å².